The van der Waals surface area contributed by atoms with Gasteiger partial charge in [0.25, 0.3) is 0 Å². The third-order valence-corrected chi connectivity index (χ3v) is 3.05. The Morgan fingerprint density at radius 2 is 2.10 bits per heavy atom. The number of nitrogens with zero attached hydrogens (tertiary/aromatic N) is 2. The number of hydrogen-bond acceptors (Lipinski definition) is 4. The Labute approximate surface area is 118 Å². The SMILES string of the molecule is CCNc1nccc(NC(C)c2ccc(C)c(F)c2)n1. The van der Waals surface area contributed by atoms with Gasteiger partial charge in [-0.3, -0.25) is 0 Å². The van der Waals surface area contributed by atoms with Crippen LogP contribution in [0.15, 0.2) is 30.5 Å². The molecule has 0 aliphatic carbocycles. The summed E-state index contributed by atoms with van der Waals surface area (Å²) in [5, 5.41) is 6.30. The molecule has 1 atom stereocenters. The van der Waals surface area contributed by atoms with Crippen LogP contribution in [-0.4, -0.2) is 16.5 Å². The summed E-state index contributed by atoms with van der Waals surface area (Å²) in [7, 11) is 0. The zero-order chi connectivity index (χ0) is 14.5. The van der Waals surface area contributed by atoms with E-state index in [0.717, 1.165) is 12.1 Å². The quantitative estimate of drug-likeness (QED) is 0.875. The molecule has 4 nitrogen and oxygen atoms in total. The maximum Gasteiger partial charge on any atom is 0.224 e. The van der Waals surface area contributed by atoms with E-state index >= 15 is 0 Å². The van der Waals surface area contributed by atoms with Crippen molar-refractivity contribution in [3.8, 4) is 0 Å². The van der Waals surface area contributed by atoms with E-state index in [1.54, 1.807) is 31.3 Å². The molecule has 20 heavy (non-hydrogen) atoms. The van der Waals surface area contributed by atoms with Crippen molar-refractivity contribution in [2.75, 3.05) is 17.2 Å². The largest absolute Gasteiger partial charge is 0.363 e. The number of aromatic nitrogens is 2. The second-order valence-corrected chi connectivity index (χ2v) is 4.67. The minimum atomic E-state index is -0.188. The lowest BCUT2D eigenvalue weighted by Gasteiger charge is -2.16. The van der Waals surface area contributed by atoms with Gasteiger partial charge in [-0.05, 0) is 44.0 Å². The van der Waals surface area contributed by atoms with Crippen molar-refractivity contribution in [1.29, 1.82) is 0 Å². The molecule has 0 bridgehead atoms. The van der Waals surface area contributed by atoms with Crippen LogP contribution in [0.1, 0.15) is 31.0 Å². The molecule has 1 unspecified atom stereocenters. The van der Waals surface area contributed by atoms with E-state index in [-0.39, 0.29) is 11.9 Å². The van der Waals surface area contributed by atoms with E-state index in [1.165, 1.54) is 0 Å². The molecule has 0 saturated carbocycles. The van der Waals surface area contributed by atoms with Crippen LogP contribution in [0.5, 0.6) is 0 Å². The number of anilines is 2. The lowest BCUT2D eigenvalue weighted by Crippen LogP contribution is -2.10. The van der Waals surface area contributed by atoms with Gasteiger partial charge in [0.15, 0.2) is 0 Å². The van der Waals surface area contributed by atoms with Crippen LogP contribution in [-0.2, 0) is 0 Å². The maximum atomic E-state index is 13.6. The third-order valence-electron chi connectivity index (χ3n) is 3.05. The van der Waals surface area contributed by atoms with Crippen molar-refractivity contribution in [3.63, 3.8) is 0 Å². The van der Waals surface area contributed by atoms with Gasteiger partial charge in [-0.15, -0.1) is 0 Å². The molecule has 2 N–H and O–H groups in total. The summed E-state index contributed by atoms with van der Waals surface area (Å²) >= 11 is 0. The topological polar surface area (TPSA) is 49.8 Å². The van der Waals surface area contributed by atoms with Crippen molar-refractivity contribution >= 4 is 11.8 Å². The first-order valence-electron chi connectivity index (χ1n) is 6.69. The summed E-state index contributed by atoms with van der Waals surface area (Å²) in [6.07, 6.45) is 1.69. The molecule has 0 fully saturated rings. The second kappa shape index (κ2) is 6.32. The molecular weight excluding hydrogens is 255 g/mol. The highest BCUT2D eigenvalue weighted by molar-refractivity contribution is 5.42. The fourth-order valence-electron chi connectivity index (χ4n) is 1.87. The van der Waals surface area contributed by atoms with E-state index < -0.39 is 0 Å². The van der Waals surface area contributed by atoms with Crippen LogP contribution in [0.25, 0.3) is 0 Å². The first-order valence-corrected chi connectivity index (χ1v) is 6.69. The highest BCUT2D eigenvalue weighted by Gasteiger charge is 2.09. The summed E-state index contributed by atoms with van der Waals surface area (Å²) in [4.78, 5) is 8.45. The van der Waals surface area contributed by atoms with Gasteiger partial charge in [0.2, 0.25) is 5.95 Å². The maximum absolute atomic E-state index is 13.6. The van der Waals surface area contributed by atoms with Gasteiger partial charge in [-0.2, -0.15) is 4.98 Å². The van der Waals surface area contributed by atoms with E-state index in [2.05, 4.69) is 20.6 Å². The van der Waals surface area contributed by atoms with Crippen LogP contribution in [0, 0.1) is 12.7 Å². The molecule has 0 amide bonds. The van der Waals surface area contributed by atoms with Gasteiger partial charge in [0.05, 0.1) is 6.04 Å². The van der Waals surface area contributed by atoms with Gasteiger partial charge in [0.1, 0.15) is 11.6 Å². The molecule has 5 heteroatoms. The predicted octanol–water partition coefficient (Wildman–Crippen LogP) is 3.53. The second-order valence-electron chi connectivity index (χ2n) is 4.67. The lowest BCUT2D eigenvalue weighted by atomic mass is 10.1. The molecule has 1 aromatic heterocycles. The van der Waals surface area contributed by atoms with Gasteiger partial charge in [-0.25, -0.2) is 9.37 Å². The van der Waals surface area contributed by atoms with Gasteiger partial charge < -0.3 is 10.6 Å². The van der Waals surface area contributed by atoms with E-state index in [9.17, 15) is 4.39 Å². The number of halogens is 1. The molecule has 0 aliphatic rings. The van der Waals surface area contributed by atoms with Crippen LogP contribution in [0.3, 0.4) is 0 Å². The van der Waals surface area contributed by atoms with Crippen LogP contribution in [0.2, 0.25) is 0 Å². The van der Waals surface area contributed by atoms with Crippen molar-refractivity contribution < 1.29 is 4.39 Å². The molecule has 0 radical (unpaired) electrons. The van der Waals surface area contributed by atoms with E-state index in [0.29, 0.717) is 17.3 Å². The number of hydrogen-bond donors (Lipinski definition) is 2. The molecule has 106 valence electrons. The Morgan fingerprint density at radius 1 is 1.30 bits per heavy atom. The summed E-state index contributed by atoms with van der Waals surface area (Å²) < 4.78 is 13.6. The molecule has 1 heterocycles. The van der Waals surface area contributed by atoms with Crippen LogP contribution >= 0.6 is 0 Å². The smallest absolute Gasteiger partial charge is 0.224 e. The standard InChI is InChI=1S/C15H19FN4/c1-4-17-15-18-8-7-14(20-15)19-11(3)12-6-5-10(2)13(16)9-12/h5-9,11H,4H2,1-3H3,(H2,17,18,19,20). The van der Waals surface area contributed by atoms with Crippen molar-refractivity contribution in [3.05, 3.63) is 47.4 Å². The Morgan fingerprint density at radius 3 is 2.80 bits per heavy atom. The normalized spacial score (nSPS) is 12.0. The van der Waals surface area contributed by atoms with Gasteiger partial charge in [-0.1, -0.05) is 12.1 Å². The van der Waals surface area contributed by atoms with Crippen molar-refractivity contribution in [1.82, 2.24) is 9.97 Å². The Balaban J connectivity index is 2.12. The average molecular weight is 274 g/mol. The Kier molecular flexibility index (Phi) is 4.50. The van der Waals surface area contributed by atoms with E-state index in [4.69, 9.17) is 0 Å². The van der Waals surface area contributed by atoms with E-state index in [1.807, 2.05) is 19.9 Å². The monoisotopic (exact) mass is 274 g/mol. The summed E-state index contributed by atoms with van der Waals surface area (Å²) in [5.41, 5.74) is 1.54. The third kappa shape index (κ3) is 3.44. The van der Waals surface area contributed by atoms with Crippen molar-refractivity contribution in [2.24, 2.45) is 0 Å². The molecule has 2 rings (SSSR count). The van der Waals surface area contributed by atoms with Crippen LogP contribution in [0.4, 0.5) is 16.2 Å². The molecule has 1 aromatic carbocycles. The highest BCUT2D eigenvalue weighted by Crippen LogP contribution is 2.20. The molecule has 2 aromatic rings. The average Bonchev–Trinajstić information content (AvgIpc) is 2.42. The van der Waals surface area contributed by atoms with Crippen LogP contribution < -0.4 is 10.6 Å². The molecular formula is C15H19FN4. The predicted molar refractivity (Wildman–Crippen MR) is 79.4 cm³/mol. The Hall–Kier alpha value is -2.17. The lowest BCUT2D eigenvalue weighted by molar-refractivity contribution is 0.614. The minimum Gasteiger partial charge on any atom is -0.363 e. The molecule has 0 spiro atoms. The first-order chi connectivity index (χ1) is 9.60. The first kappa shape index (κ1) is 14.2. The van der Waals surface area contributed by atoms with Crippen molar-refractivity contribution in [2.45, 2.75) is 26.8 Å². The zero-order valence-corrected chi connectivity index (χ0v) is 11.9. The number of benzene rings is 1. The number of nitrogens with one attached hydrogen (secondary N) is 2. The fourth-order valence-corrected chi connectivity index (χ4v) is 1.87. The molecule has 0 saturated heterocycles. The number of rotatable bonds is 5. The Bertz CT molecular complexity index is 586. The minimum absolute atomic E-state index is 0.0329. The summed E-state index contributed by atoms with van der Waals surface area (Å²) in [5.74, 6) is 1.11. The van der Waals surface area contributed by atoms with Gasteiger partial charge >= 0.3 is 0 Å². The number of aryl methyl sites for hydroxylation is 1. The summed E-state index contributed by atoms with van der Waals surface area (Å²) in [6.45, 7) is 6.48. The van der Waals surface area contributed by atoms with Gasteiger partial charge in [0, 0.05) is 12.7 Å². The summed E-state index contributed by atoms with van der Waals surface area (Å²) in [6, 6.07) is 7.02. The molecule has 0 aliphatic heterocycles. The zero-order valence-electron chi connectivity index (χ0n) is 11.9. The highest BCUT2D eigenvalue weighted by atomic mass is 19.1. The fraction of sp³-hybridized carbons (Fsp3) is 0.333.